The van der Waals surface area contributed by atoms with Crippen LogP contribution in [0.25, 0.3) is 11.0 Å². The minimum Gasteiger partial charge on any atom is -0.356 e. The van der Waals surface area contributed by atoms with Gasteiger partial charge in [-0.25, -0.2) is 0 Å². The Balaban J connectivity index is 1.66. The van der Waals surface area contributed by atoms with Crippen LogP contribution in [0, 0.1) is 0 Å². The lowest BCUT2D eigenvalue weighted by molar-refractivity contribution is -0.121. The predicted octanol–water partition coefficient (Wildman–Crippen LogP) is 1.76. The molecule has 1 amide bonds. The van der Waals surface area contributed by atoms with Gasteiger partial charge in [-0.1, -0.05) is 30.1 Å². The molecule has 1 aromatic carbocycles. The number of benzene rings is 1. The van der Waals surface area contributed by atoms with Crippen molar-refractivity contribution < 1.29 is 9.32 Å². The summed E-state index contributed by atoms with van der Waals surface area (Å²) in [6.07, 6.45) is 4.47. The van der Waals surface area contributed by atoms with Crippen LogP contribution in [0.15, 0.2) is 28.8 Å². The zero-order chi connectivity index (χ0) is 13.9. The van der Waals surface area contributed by atoms with Crippen molar-refractivity contribution in [3.05, 3.63) is 30.0 Å². The minimum atomic E-state index is -0.0357. The maximum Gasteiger partial charge on any atom is 0.226 e. The lowest BCUT2D eigenvalue weighted by atomic mass is 9.91. The van der Waals surface area contributed by atoms with Gasteiger partial charge in [0.2, 0.25) is 5.91 Å². The van der Waals surface area contributed by atoms with E-state index < -0.39 is 0 Å². The zero-order valence-corrected chi connectivity index (χ0v) is 11.3. The summed E-state index contributed by atoms with van der Waals surface area (Å²) in [6, 6.07) is 7.73. The van der Waals surface area contributed by atoms with Gasteiger partial charge in [0.1, 0.15) is 5.69 Å². The van der Waals surface area contributed by atoms with E-state index in [0.29, 0.717) is 11.3 Å². The van der Waals surface area contributed by atoms with Crippen molar-refractivity contribution in [1.82, 2.24) is 10.5 Å². The molecule has 3 rings (SSSR count). The van der Waals surface area contributed by atoms with Crippen LogP contribution in [0.5, 0.6) is 0 Å². The molecule has 0 aliphatic heterocycles. The van der Waals surface area contributed by atoms with E-state index in [-0.39, 0.29) is 24.4 Å². The molecule has 0 bridgehead atoms. The van der Waals surface area contributed by atoms with Crippen LogP contribution in [0.1, 0.15) is 31.4 Å². The Kier molecular flexibility index (Phi) is 3.69. The molecule has 1 saturated carbocycles. The number of carbonyl (C=O) groups excluding carboxylic acids is 1. The van der Waals surface area contributed by atoms with Gasteiger partial charge < -0.3 is 15.6 Å². The van der Waals surface area contributed by atoms with E-state index in [1.807, 2.05) is 24.3 Å². The van der Waals surface area contributed by atoms with Gasteiger partial charge in [0.25, 0.3) is 0 Å². The van der Waals surface area contributed by atoms with Crippen molar-refractivity contribution in [1.29, 1.82) is 0 Å². The first-order chi connectivity index (χ1) is 9.74. The predicted molar refractivity (Wildman–Crippen MR) is 76.1 cm³/mol. The quantitative estimate of drug-likeness (QED) is 0.892. The molecule has 2 atom stereocenters. The number of aromatic nitrogens is 1. The number of amides is 1. The first-order valence-electron chi connectivity index (χ1n) is 7.12. The first-order valence-corrected chi connectivity index (χ1v) is 7.12. The van der Waals surface area contributed by atoms with Crippen LogP contribution < -0.4 is 11.1 Å². The topological polar surface area (TPSA) is 81.1 Å². The Morgan fingerprint density at radius 3 is 3.00 bits per heavy atom. The number of para-hydroxylation sites is 1. The molecule has 2 aromatic rings. The SMILES string of the molecule is NC1CCCCC1NC(=O)Cc1noc2ccccc12. The highest BCUT2D eigenvalue weighted by atomic mass is 16.5. The molecule has 3 N–H and O–H groups in total. The lowest BCUT2D eigenvalue weighted by Gasteiger charge is -2.29. The summed E-state index contributed by atoms with van der Waals surface area (Å²) in [5.41, 5.74) is 7.44. The van der Waals surface area contributed by atoms with Crippen molar-refractivity contribution in [2.75, 3.05) is 0 Å². The molecule has 2 unspecified atom stereocenters. The maximum absolute atomic E-state index is 12.1. The summed E-state index contributed by atoms with van der Waals surface area (Å²) >= 11 is 0. The largest absolute Gasteiger partial charge is 0.356 e. The minimum absolute atomic E-state index is 0.0357. The lowest BCUT2D eigenvalue weighted by Crippen LogP contribution is -2.49. The van der Waals surface area contributed by atoms with Crippen LogP contribution in [-0.2, 0) is 11.2 Å². The second kappa shape index (κ2) is 5.63. The normalized spacial score (nSPS) is 22.9. The van der Waals surface area contributed by atoms with E-state index in [2.05, 4.69) is 10.5 Å². The fraction of sp³-hybridized carbons (Fsp3) is 0.467. The molecule has 0 radical (unpaired) electrons. The Morgan fingerprint density at radius 2 is 2.15 bits per heavy atom. The third kappa shape index (κ3) is 2.67. The van der Waals surface area contributed by atoms with E-state index in [1.54, 1.807) is 0 Å². The van der Waals surface area contributed by atoms with Crippen LogP contribution >= 0.6 is 0 Å². The molecule has 106 valence electrons. The highest BCUT2D eigenvalue weighted by molar-refractivity contribution is 5.86. The van der Waals surface area contributed by atoms with E-state index in [4.69, 9.17) is 10.3 Å². The van der Waals surface area contributed by atoms with Crippen LogP contribution in [0.4, 0.5) is 0 Å². The second-order valence-corrected chi connectivity index (χ2v) is 5.42. The summed E-state index contributed by atoms with van der Waals surface area (Å²) in [6.45, 7) is 0. The van der Waals surface area contributed by atoms with Gasteiger partial charge in [-0.2, -0.15) is 0 Å². The number of hydrogen-bond acceptors (Lipinski definition) is 4. The molecule has 1 aliphatic rings. The van der Waals surface area contributed by atoms with Crippen LogP contribution in [0.2, 0.25) is 0 Å². The third-order valence-corrected chi connectivity index (χ3v) is 3.95. The fourth-order valence-electron chi connectivity index (χ4n) is 2.81. The highest BCUT2D eigenvalue weighted by Gasteiger charge is 2.23. The molecule has 5 heteroatoms. The van der Waals surface area contributed by atoms with Crippen LogP contribution in [-0.4, -0.2) is 23.1 Å². The van der Waals surface area contributed by atoms with E-state index >= 15 is 0 Å². The Bertz CT molecular complexity index is 608. The summed E-state index contributed by atoms with van der Waals surface area (Å²) in [4.78, 5) is 12.1. The highest BCUT2D eigenvalue weighted by Crippen LogP contribution is 2.19. The molecule has 0 saturated heterocycles. The van der Waals surface area contributed by atoms with E-state index in [9.17, 15) is 4.79 Å². The number of nitrogens with one attached hydrogen (secondary N) is 1. The van der Waals surface area contributed by atoms with Gasteiger partial charge in [0.05, 0.1) is 6.42 Å². The van der Waals surface area contributed by atoms with Gasteiger partial charge in [0, 0.05) is 17.5 Å². The summed E-state index contributed by atoms with van der Waals surface area (Å²) in [7, 11) is 0. The summed E-state index contributed by atoms with van der Waals surface area (Å²) in [5, 5.41) is 7.91. The number of nitrogens with two attached hydrogens (primary N) is 1. The van der Waals surface area contributed by atoms with Crippen molar-refractivity contribution in [3.8, 4) is 0 Å². The molecule has 1 fully saturated rings. The molecule has 1 aromatic heterocycles. The molecular formula is C15H19N3O2. The molecule has 1 aliphatic carbocycles. The van der Waals surface area contributed by atoms with Gasteiger partial charge in [-0.3, -0.25) is 4.79 Å². The number of nitrogens with zero attached hydrogens (tertiary/aromatic N) is 1. The molecule has 20 heavy (non-hydrogen) atoms. The standard InChI is InChI=1S/C15H19N3O2/c16-11-6-2-3-7-12(11)17-15(19)9-13-10-5-1-4-8-14(10)20-18-13/h1,4-5,8,11-12H,2-3,6-7,9,16H2,(H,17,19). The van der Waals surface area contributed by atoms with Gasteiger partial charge in [-0.05, 0) is 25.0 Å². The number of hydrogen-bond donors (Lipinski definition) is 2. The Morgan fingerprint density at radius 1 is 1.35 bits per heavy atom. The summed E-state index contributed by atoms with van der Waals surface area (Å²) < 4.78 is 5.21. The first kappa shape index (κ1) is 13.1. The molecule has 5 nitrogen and oxygen atoms in total. The Hall–Kier alpha value is -1.88. The number of fused-ring (bicyclic) bond motifs is 1. The van der Waals surface area contributed by atoms with Gasteiger partial charge in [-0.15, -0.1) is 0 Å². The monoisotopic (exact) mass is 273 g/mol. The van der Waals surface area contributed by atoms with E-state index in [0.717, 1.165) is 31.1 Å². The second-order valence-electron chi connectivity index (χ2n) is 5.42. The third-order valence-electron chi connectivity index (χ3n) is 3.95. The fourth-order valence-corrected chi connectivity index (χ4v) is 2.81. The molecule has 0 spiro atoms. The van der Waals surface area contributed by atoms with Crippen molar-refractivity contribution in [2.45, 2.75) is 44.2 Å². The number of carbonyl (C=O) groups is 1. The van der Waals surface area contributed by atoms with Crippen molar-refractivity contribution in [2.24, 2.45) is 5.73 Å². The molecule has 1 heterocycles. The van der Waals surface area contributed by atoms with Crippen LogP contribution in [0.3, 0.4) is 0 Å². The average molecular weight is 273 g/mol. The smallest absolute Gasteiger partial charge is 0.226 e. The maximum atomic E-state index is 12.1. The summed E-state index contributed by atoms with van der Waals surface area (Å²) in [5.74, 6) is -0.0357. The number of rotatable bonds is 3. The van der Waals surface area contributed by atoms with Gasteiger partial charge >= 0.3 is 0 Å². The van der Waals surface area contributed by atoms with Crippen molar-refractivity contribution >= 4 is 16.9 Å². The zero-order valence-electron chi connectivity index (χ0n) is 11.3. The molecular weight excluding hydrogens is 254 g/mol. The Labute approximate surface area is 117 Å². The van der Waals surface area contributed by atoms with Crippen molar-refractivity contribution in [3.63, 3.8) is 0 Å². The average Bonchev–Trinajstić information content (AvgIpc) is 2.85. The van der Waals surface area contributed by atoms with Gasteiger partial charge in [0.15, 0.2) is 5.58 Å². The van der Waals surface area contributed by atoms with E-state index in [1.165, 1.54) is 0 Å².